The van der Waals surface area contributed by atoms with Gasteiger partial charge in [-0.05, 0) is 43.9 Å². The minimum atomic E-state index is 0.176. The van der Waals surface area contributed by atoms with Crippen LogP contribution in [0.1, 0.15) is 55.4 Å². The first-order valence-electron chi connectivity index (χ1n) is 9.40. The summed E-state index contributed by atoms with van der Waals surface area (Å²) >= 11 is 0. The van der Waals surface area contributed by atoms with E-state index in [0.29, 0.717) is 18.9 Å². The van der Waals surface area contributed by atoms with Gasteiger partial charge in [-0.15, -0.1) is 10.2 Å². The fraction of sp³-hybridized carbons (Fsp3) is 0.579. The molecule has 0 bridgehead atoms. The smallest absolute Gasteiger partial charge is 0.223 e. The van der Waals surface area contributed by atoms with Crippen molar-refractivity contribution in [3.8, 4) is 0 Å². The number of rotatable bonds is 4. The average molecular weight is 355 g/mol. The first-order chi connectivity index (χ1) is 12.7. The summed E-state index contributed by atoms with van der Waals surface area (Å²) in [7, 11) is 0. The molecule has 0 unspecified atom stereocenters. The summed E-state index contributed by atoms with van der Waals surface area (Å²) in [6.45, 7) is 5.01. The summed E-state index contributed by atoms with van der Waals surface area (Å²) < 4.78 is 7.72. The molecule has 1 atom stereocenters. The Balaban J connectivity index is 1.43. The van der Waals surface area contributed by atoms with Gasteiger partial charge in [0, 0.05) is 44.5 Å². The molecule has 138 valence electrons. The Morgan fingerprint density at radius 3 is 2.77 bits per heavy atom. The lowest BCUT2D eigenvalue weighted by Crippen LogP contribution is -2.41. The molecule has 0 radical (unpaired) electrons. The van der Waals surface area contributed by atoms with Crippen LogP contribution >= 0.6 is 0 Å². The van der Waals surface area contributed by atoms with Gasteiger partial charge in [0.25, 0.3) is 0 Å². The zero-order valence-corrected chi connectivity index (χ0v) is 15.2. The molecule has 7 heteroatoms. The maximum Gasteiger partial charge on any atom is 0.223 e. The van der Waals surface area contributed by atoms with E-state index in [-0.39, 0.29) is 11.9 Å². The maximum absolute atomic E-state index is 12.7. The molecule has 1 fully saturated rings. The van der Waals surface area contributed by atoms with Crippen molar-refractivity contribution in [3.05, 3.63) is 41.7 Å². The molecule has 1 saturated heterocycles. The van der Waals surface area contributed by atoms with Crippen LogP contribution in [0.4, 0.5) is 0 Å². The van der Waals surface area contributed by atoms with Gasteiger partial charge < -0.3 is 14.2 Å². The number of hydrogen-bond donors (Lipinski definition) is 0. The molecule has 1 amide bonds. The van der Waals surface area contributed by atoms with E-state index in [1.54, 1.807) is 12.4 Å². The van der Waals surface area contributed by atoms with E-state index < -0.39 is 0 Å². The SMILES string of the molecule is C[C@H]1CN(C(=O)CCc2ccncc2)Cc2nnc(C3CCOCC3)n21. The van der Waals surface area contributed by atoms with Crippen molar-refractivity contribution < 1.29 is 9.53 Å². The normalized spacial score (nSPS) is 20.8. The van der Waals surface area contributed by atoms with Gasteiger partial charge in [-0.1, -0.05) is 0 Å². The minimum Gasteiger partial charge on any atom is -0.381 e. The van der Waals surface area contributed by atoms with Gasteiger partial charge in [-0.3, -0.25) is 9.78 Å². The zero-order chi connectivity index (χ0) is 17.9. The topological polar surface area (TPSA) is 73.1 Å². The number of ether oxygens (including phenoxy) is 1. The summed E-state index contributed by atoms with van der Waals surface area (Å²) in [6, 6.07) is 4.13. The Kier molecular flexibility index (Phi) is 4.97. The molecule has 0 spiro atoms. The largest absolute Gasteiger partial charge is 0.381 e. The van der Waals surface area contributed by atoms with Gasteiger partial charge in [0.1, 0.15) is 5.82 Å². The molecule has 4 heterocycles. The highest BCUT2D eigenvalue weighted by Crippen LogP contribution is 2.31. The fourth-order valence-electron chi connectivity index (χ4n) is 3.94. The molecule has 2 aromatic heterocycles. The van der Waals surface area contributed by atoms with E-state index in [0.717, 1.165) is 56.2 Å². The van der Waals surface area contributed by atoms with Crippen LogP contribution in [0, 0.1) is 0 Å². The van der Waals surface area contributed by atoms with Crippen molar-refractivity contribution in [3.63, 3.8) is 0 Å². The van der Waals surface area contributed by atoms with E-state index >= 15 is 0 Å². The number of aryl methyl sites for hydroxylation is 1. The Hall–Kier alpha value is -2.28. The summed E-state index contributed by atoms with van der Waals surface area (Å²) in [5.41, 5.74) is 1.14. The fourth-order valence-corrected chi connectivity index (χ4v) is 3.94. The number of nitrogens with zero attached hydrogens (tertiary/aromatic N) is 5. The Labute approximate surface area is 153 Å². The van der Waals surface area contributed by atoms with E-state index in [2.05, 4.69) is 26.7 Å². The van der Waals surface area contributed by atoms with Gasteiger partial charge in [0.2, 0.25) is 5.91 Å². The van der Waals surface area contributed by atoms with Crippen molar-refractivity contribution in [1.29, 1.82) is 0 Å². The highest BCUT2D eigenvalue weighted by Gasteiger charge is 2.32. The summed E-state index contributed by atoms with van der Waals surface area (Å²) in [4.78, 5) is 18.6. The van der Waals surface area contributed by atoms with Crippen molar-refractivity contribution in [2.45, 2.75) is 51.1 Å². The second-order valence-electron chi connectivity index (χ2n) is 7.21. The molecule has 2 aliphatic heterocycles. The lowest BCUT2D eigenvalue weighted by atomic mass is 9.98. The van der Waals surface area contributed by atoms with Crippen LogP contribution in [0.2, 0.25) is 0 Å². The number of pyridine rings is 1. The maximum atomic E-state index is 12.7. The van der Waals surface area contributed by atoms with Gasteiger partial charge in [-0.25, -0.2) is 0 Å². The first-order valence-corrected chi connectivity index (χ1v) is 9.40. The second kappa shape index (κ2) is 7.53. The van der Waals surface area contributed by atoms with E-state index in [4.69, 9.17) is 4.74 Å². The van der Waals surface area contributed by atoms with Crippen molar-refractivity contribution in [2.75, 3.05) is 19.8 Å². The molecule has 0 N–H and O–H groups in total. The molecule has 2 aromatic rings. The number of hydrogen-bond acceptors (Lipinski definition) is 5. The van der Waals surface area contributed by atoms with E-state index in [1.165, 1.54) is 0 Å². The van der Waals surface area contributed by atoms with E-state index in [9.17, 15) is 4.79 Å². The molecular formula is C19H25N5O2. The number of amides is 1. The number of fused-ring (bicyclic) bond motifs is 1. The van der Waals surface area contributed by atoms with Gasteiger partial charge in [-0.2, -0.15) is 0 Å². The number of carbonyl (C=O) groups excluding carboxylic acids is 1. The minimum absolute atomic E-state index is 0.176. The van der Waals surface area contributed by atoms with E-state index in [1.807, 2.05) is 17.0 Å². The molecule has 0 aliphatic carbocycles. The predicted octanol–water partition coefficient (Wildman–Crippen LogP) is 2.10. The third kappa shape index (κ3) is 3.49. The lowest BCUT2D eigenvalue weighted by molar-refractivity contribution is -0.133. The summed E-state index contributed by atoms with van der Waals surface area (Å²) in [6.07, 6.45) is 6.79. The molecule has 7 nitrogen and oxygen atoms in total. The first kappa shape index (κ1) is 17.1. The Morgan fingerprint density at radius 2 is 2.00 bits per heavy atom. The average Bonchev–Trinajstić information content (AvgIpc) is 3.12. The highest BCUT2D eigenvalue weighted by atomic mass is 16.5. The third-order valence-electron chi connectivity index (χ3n) is 5.37. The highest BCUT2D eigenvalue weighted by molar-refractivity contribution is 5.76. The molecule has 4 rings (SSSR count). The molecule has 2 aliphatic rings. The monoisotopic (exact) mass is 355 g/mol. The van der Waals surface area contributed by atoms with Gasteiger partial charge in [0.15, 0.2) is 5.82 Å². The predicted molar refractivity (Wildman–Crippen MR) is 95.5 cm³/mol. The van der Waals surface area contributed by atoms with Gasteiger partial charge >= 0.3 is 0 Å². The van der Waals surface area contributed by atoms with Crippen molar-refractivity contribution >= 4 is 5.91 Å². The molecule has 26 heavy (non-hydrogen) atoms. The Morgan fingerprint density at radius 1 is 1.23 bits per heavy atom. The van der Waals surface area contributed by atoms with Crippen LogP contribution in [0.5, 0.6) is 0 Å². The van der Waals surface area contributed by atoms with Crippen LogP contribution in [-0.2, 0) is 22.5 Å². The zero-order valence-electron chi connectivity index (χ0n) is 15.2. The Bertz CT molecular complexity index is 755. The standard InChI is InChI=1S/C19H25N5O2/c1-14-12-23(18(25)3-2-15-4-8-20-9-5-15)13-17-21-22-19(24(14)17)16-6-10-26-11-7-16/h4-5,8-9,14,16H,2-3,6-7,10-13H2,1H3/t14-/m0/s1. The van der Waals surface area contributed by atoms with Crippen LogP contribution < -0.4 is 0 Å². The molecule has 0 saturated carbocycles. The summed E-state index contributed by atoms with van der Waals surface area (Å²) in [5.74, 6) is 2.57. The molecule has 0 aromatic carbocycles. The molecular weight excluding hydrogens is 330 g/mol. The van der Waals surface area contributed by atoms with Crippen LogP contribution in [0.3, 0.4) is 0 Å². The summed E-state index contributed by atoms with van der Waals surface area (Å²) in [5, 5.41) is 8.87. The van der Waals surface area contributed by atoms with Crippen molar-refractivity contribution in [2.24, 2.45) is 0 Å². The van der Waals surface area contributed by atoms with Crippen molar-refractivity contribution in [1.82, 2.24) is 24.6 Å². The second-order valence-corrected chi connectivity index (χ2v) is 7.21. The quantitative estimate of drug-likeness (QED) is 0.840. The van der Waals surface area contributed by atoms with Crippen LogP contribution in [0.25, 0.3) is 0 Å². The lowest BCUT2D eigenvalue weighted by Gasteiger charge is -2.34. The third-order valence-corrected chi connectivity index (χ3v) is 5.37. The van der Waals surface area contributed by atoms with Crippen LogP contribution in [-0.4, -0.2) is 50.3 Å². The number of aromatic nitrogens is 4. The van der Waals surface area contributed by atoms with Gasteiger partial charge in [0.05, 0.1) is 12.6 Å². The number of carbonyl (C=O) groups is 1. The van der Waals surface area contributed by atoms with Crippen LogP contribution in [0.15, 0.2) is 24.5 Å².